The maximum atomic E-state index is 12.0. The topological polar surface area (TPSA) is 84.2 Å². The minimum atomic E-state index is -3.57. The molecule has 0 saturated carbocycles. The molecule has 0 aliphatic heterocycles. The number of halogens is 1. The molecule has 106 valence electrons. The van der Waals surface area contributed by atoms with Crippen LogP contribution in [0.15, 0.2) is 47.4 Å². The summed E-state index contributed by atoms with van der Waals surface area (Å²) in [5, 5.41) is 3.09. The summed E-state index contributed by atoms with van der Waals surface area (Å²) >= 11 is 2.21. The van der Waals surface area contributed by atoms with Crippen LogP contribution in [0.5, 0.6) is 0 Å². The van der Waals surface area contributed by atoms with E-state index in [2.05, 4.69) is 32.6 Å². The summed E-state index contributed by atoms with van der Waals surface area (Å²) < 4.78 is 27.4. The first kappa shape index (κ1) is 15.1. The van der Waals surface area contributed by atoms with Crippen LogP contribution in [0, 0.1) is 3.57 Å². The third kappa shape index (κ3) is 3.41. The molecule has 2 rings (SSSR count). The number of anilines is 3. The Hall–Kier alpha value is -1.32. The van der Waals surface area contributed by atoms with Gasteiger partial charge in [0.2, 0.25) is 10.0 Å². The van der Waals surface area contributed by atoms with Crippen LogP contribution in [0.2, 0.25) is 0 Å². The average Bonchev–Trinajstić information content (AvgIpc) is 2.43. The van der Waals surface area contributed by atoms with Gasteiger partial charge in [0.25, 0.3) is 0 Å². The van der Waals surface area contributed by atoms with Crippen molar-refractivity contribution in [3.8, 4) is 0 Å². The number of nitrogens with one attached hydrogen (secondary N) is 2. The van der Waals surface area contributed by atoms with Gasteiger partial charge < -0.3 is 11.1 Å². The van der Waals surface area contributed by atoms with Gasteiger partial charge in [0.05, 0.1) is 5.69 Å². The first-order valence-corrected chi connectivity index (χ1v) is 8.34. The Morgan fingerprint density at radius 2 is 1.75 bits per heavy atom. The molecule has 20 heavy (non-hydrogen) atoms. The molecule has 5 nitrogen and oxygen atoms in total. The van der Waals surface area contributed by atoms with Crippen LogP contribution >= 0.6 is 22.6 Å². The number of hydrogen-bond donors (Lipinski definition) is 3. The van der Waals surface area contributed by atoms with Gasteiger partial charge in [0.1, 0.15) is 4.90 Å². The van der Waals surface area contributed by atoms with Gasteiger partial charge in [-0.2, -0.15) is 0 Å². The van der Waals surface area contributed by atoms with Crippen LogP contribution in [-0.4, -0.2) is 15.5 Å². The molecule has 0 aromatic heterocycles. The molecule has 0 bridgehead atoms. The van der Waals surface area contributed by atoms with Gasteiger partial charge in [-0.1, -0.05) is 0 Å². The van der Waals surface area contributed by atoms with Gasteiger partial charge in [0, 0.05) is 14.9 Å². The summed E-state index contributed by atoms with van der Waals surface area (Å²) in [5.41, 5.74) is 7.36. The van der Waals surface area contributed by atoms with Gasteiger partial charge in [0.15, 0.2) is 0 Å². The van der Waals surface area contributed by atoms with Crippen molar-refractivity contribution in [3.05, 3.63) is 46.0 Å². The van der Waals surface area contributed by atoms with Crippen LogP contribution in [0.25, 0.3) is 0 Å². The lowest BCUT2D eigenvalue weighted by molar-refractivity contribution is 0.588. The molecule has 0 atom stereocenters. The highest BCUT2D eigenvalue weighted by atomic mass is 127. The zero-order valence-corrected chi connectivity index (χ0v) is 13.7. The van der Waals surface area contributed by atoms with Crippen LogP contribution in [0.4, 0.5) is 17.1 Å². The van der Waals surface area contributed by atoms with Crippen molar-refractivity contribution >= 4 is 49.7 Å². The number of nitrogens with two attached hydrogens (primary N) is 1. The van der Waals surface area contributed by atoms with E-state index in [1.54, 1.807) is 12.1 Å². The van der Waals surface area contributed by atoms with Gasteiger partial charge >= 0.3 is 0 Å². The molecule has 0 radical (unpaired) electrons. The third-order valence-corrected chi connectivity index (χ3v) is 4.86. The van der Waals surface area contributed by atoms with Crippen molar-refractivity contribution < 1.29 is 8.42 Å². The van der Waals surface area contributed by atoms with Crippen LogP contribution in [0.1, 0.15) is 0 Å². The molecule has 0 saturated heterocycles. The summed E-state index contributed by atoms with van der Waals surface area (Å²) in [4.78, 5) is 0.124. The highest BCUT2D eigenvalue weighted by molar-refractivity contribution is 14.1. The van der Waals surface area contributed by atoms with Gasteiger partial charge in [-0.25, -0.2) is 13.1 Å². The van der Waals surface area contributed by atoms with Crippen LogP contribution in [-0.2, 0) is 10.0 Å². The smallest absolute Gasteiger partial charge is 0.242 e. The van der Waals surface area contributed by atoms with E-state index in [9.17, 15) is 8.42 Å². The summed E-state index contributed by atoms with van der Waals surface area (Å²) in [5.74, 6) is 0. The number of hydrogen-bond acceptors (Lipinski definition) is 4. The molecule has 2 aromatic carbocycles. The Labute approximate surface area is 131 Å². The van der Waals surface area contributed by atoms with Crippen LogP contribution in [0.3, 0.4) is 0 Å². The Kier molecular flexibility index (Phi) is 4.51. The lowest BCUT2D eigenvalue weighted by Crippen LogP contribution is -2.20. The fourth-order valence-corrected chi connectivity index (χ4v) is 2.94. The van der Waals surface area contributed by atoms with E-state index >= 15 is 0 Å². The van der Waals surface area contributed by atoms with Crippen molar-refractivity contribution in [1.29, 1.82) is 0 Å². The molecule has 0 spiro atoms. The van der Waals surface area contributed by atoms with Gasteiger partial charge in [-0.15, -0.1) is 0 Å². The molecule has 0 amide bonds. The predicted molar refractivity (Wildman–Crippen MR) is 89.5 cm³/mol. The van der Waals surface area contributed by atoms with Gasteiger partial charge in [-0.05, 0) is 72.1 Å². The van der Waals surface area contributed by atoms with Crippen LogP contribution < -0.4 is 15.8 Å². The normalized spacial score (nSPS) is 11.3. The number of sulfonamides is 1. The van der Waals surface area contributed by atoms with E-state index in [-0.39, 0.29) is 4.90 Å². The maximum absolute atomic E-state index is 12.0. The molecule has 0 heterocycles. The largest absolute Gasteiger partial charge is 0.399 e. The zero-order valence-electron chi connectivity index (χ0n) is 10.7. The third-order valence-electron chi connectivity index (χ3n) is 2.69. The Balaban J connectivity index is 2.44. The van der Waals surface area contributed by atoms with Crippen molar-refractivity contribution in [2.24, 2.45) is 0 Å². The van der Waals surface area contributed by atoms with Crippen molar-refractivity contribution in [2.45, 2.75) is 4.90 Å². The fraction of sp³-hybridized carbons (Fsp3) is 0.0769. The second-order valence-corrected chi connectivity index (χ2v) is 7.20. The quantitative estimate of drug-likeness (QED) is 0.541. The minimum absolute atomic E-state index is 0.124. The standard InChI is InChI=1S/C13H14IN3O2S/c1-16-20(18,19)13-8-10(15)4-7-12(13)17-11-5-2-9(14)3-6-11/h2-8,16-17H,15H2,1H3. The molecule has 0 aliphatic carbocycles. The van der Waals surface area contributed by atoms with E-state index < -0.39 is 10.0 Å². The molecule has 4 N–H and O–H groups in total. The van der Waals surface area contributed by atoms with E-state index in [0.717, 1.165) is 9.26 Å². The fourth-order valence-electron chi connectivity index (χ4n) is 1.66. The lowest BCUT2D eigenvalue weighted by Gasteiger charge is -2.13. The summed E-state index contributed by atoms with van der Waals surface area (Å²) in [6.45, 7) is 0. The SMILES string of the molecule is CNS(=O)(=O)c1cc(N)ccc1Nc1ccc(I)cc1. The average molecular weight is 403 g/mol. The molecule has 0 unspecified atom stereocenters. The highest BCUT2D eigenvalue weighted by Crippen LogP contribution is 2.27. The van der Waals surface area contributed by atoms with Crippen molar-refractivity contribution in [1.82, 2.24) is 4.72 Å². The monoisotopic (exact) mass is 403 g/mol. The maximum Gasteiger partial charge on any atom is 0.242 e. The first-order chi connectivity index (χ1) is 9.42. The Morgan fingerprint density at radius 1 is 1.10 bits per heavy atom. The summed E-state index contributed by atoms with van der Waals surface area (Å²) in [6, 6.07) is 12.4. The lowest BCUT2D eigenvalue weighted by atomic mass is 10.2. The van der Waals surface area contributed by atoms with Crippen molar-refractivity contribution in [2.75, 3.05) is 18.1 Å². The summed E-state index contributed by atoms with van der Waals surface area (Å²) in [7, 11) is -2.21. The molecular weight excluding hydrogens is 389 g/mol. The molecule has 0 fully saturated rings. The Bertz CT molecular complexity index is 715. The van der Waals surface area contributed by atoms with E-state index in [4.69, 9.17) is 5.73 Å². The number of rotatable bonds is 4. The molecule has 0 aliphatic rings. The van der Waals surface area contributed by atoms with E-state index in [1.807, 2.05) is 24.3 Å². The molecular formula is C13H14IN3O2S. The first-order valence-electron chi connectivity index (χ1n) is 5.78. The number of nitrogen functional groups attached to an aromatic ring is 1. The highest BCUT2D eigenvalue weighted by Gasteiger charge is 2.17. The predicted octanol–water partition coefficient (Wildman–Crippen LogP) is 2.53. The Morgan fingerprint density at radius 3 is 2.35 bits per heavy atom. The zero-order chi connectivity index (χ0) is 14.8. The molecule has 2 aromatic rings. The second kappa shape index (κ2) is 5.98. The second-order valence-electron chi connectivity index (χ2n) is 4.10. The number of benzene rings is 2. The molecule has 7 heteroatoms. The van der Waals surface area contributed by atoms with E-state index in [1.165, 1.54) is 13.1 Å². The summed E-state index contributed by atoms with van der Waals surface area (Å²) in [6.07, 6.45) is 0. The van der Waals surface area contributed by atoms with Gasteiger partial charge in [-0.3, -0.25) is 0 Å². The minimum Gasteiger partial charge on any atom is -0.399 e. The van der Waals surface area contributed by atoms with Crippen molar-refractivity contribution in [3.63, 3.8) is 0 Å². The van der Waals surface area contributed by atoms with E-state index in [0.29, 0.717) is 11.4 Å².